The maximum atomic E-state index is 11.7. The molecule has 1 N–H and O–H groups in total. The molecule has 0 atom stereocenters. The Morgan fingerprint density at radius 2 is 2.20 bits per heavy atom. The van der Waals surface area contributed by atoms with Gasteiger partial charge >= 0.3 is 5.00 Å². The average molecular weight is 299 g/mol. The molecule has 1 aromatic heterocycles. The van der Waals surface area contributed by atoms with E-state index in [9.17, 15) is 14.9 Å². The molecule has 0 unspecified atom stereocenters. The molecule has 0 aromatic carbocycles. The quantitative estimate of drug-likeness (QED) is 0.561. The fourth-order valence-corrected chi connectivity index (χ4v) is 2.57. The van der Waals surface area contributed by atoms with Crippen LogP contribution in [0.1, 0.15) is 32.3 Å². The predicted molar refractivity (Wildman–Crippen MR) is 79.8 cm³/mol. The van der Waals surface area contributed by atoms with E-state index in [0.717, 1.165) is 36.3 Å². The highest BCUT2D eigenvalue weighted by Crippen LogP contribution is 2.23. The molecule has 6 nitrogen and oxygen atoms in total. The summed E-state index contributed by atoms with van der Waals surface area (Å²) >= 11 is 1.12. The lowest BCUT2D eigenvalue weighted by atomic mass is 10.3. The van der Waals surface area contributed by atoms with Gasteiger partial charge in [0.25, 0.3) is 0 Å². The maximum absolute atomic E-state index is 11.7. The lowest BCUT2D eigenvalue weighted by Crippen LogP contribution is -2.37. The maximum Gasteiger partial charge on any atom is 0.324 e. The summed E-state index contributed by atoms with van der Waals surface area (Å²) in [5.74, 6) is 0.00466. The summed E-state index contributed by atoms with van der Waals surface area (Å²) in [4.78, 5) is 24.0. The monoisotopic (exact) mass is 299 g/mol. The van der Waals surface area contributed by atoms with E-state index in [-0.39, 0.29) is 15.8 Å². The summed E-state index contributed by atoms with van der Waals surface area (Å²) in [6, 6.07) is 1.58. The van der Waals surface area contributed by atoms with E-state index in [1.807, 2.05) is 18.7 Å². The van der Waals surface area contributed by atoms with Crippen LogP contribution in [0.2, 0.25) is 0 Å². The van der Waals surface area contributed by atoms with Gasteiger partial charge in [-0.3, -0.25) is 19.8 Å². The molecular weight excluding hydrogens is 278 g/mol. The van der Waals surface area contributed by atoms with Crippen LogP contribution in [0, 0.1) is 10.1 Å². The van der Waals surface area contributed by atoms with Gasteiger partial charge in [0, 0.05) is 24.5 Å². The normalized spacial score (nSPS) is 10.8. The van der Waals surface area contributed by atoms with E-state index in [4.69, 9.17) is 0 Å². The van der Waals surface area contributed by atoms with Crippen molar-refractivity contribution in [3.63, 3.8) is 0 Å². The Balaban J connectivity index is 2.56. The molecule has 112 valence electrons. The number of hydrogen-bond donors (Lipinski definition) is 1. The van der Waals surface area contributed by atoms with E-state index in [1.165, 1.54) is 0 Å². The van der Waals surface area contributed by atoms with Gasteiger partial charge in [-0.05, 0) is 24.9 Å². The van der Waals surface area contributed by atoms with Gasteiger partial charge in [0.15, 0.2) is 0 Å². The summed E-state index contributed by atoms with van der Waals surface area (Å²) < 4.78 is 0. The predicted octanol–water partition coefficient (Wildman–Crippen LogP) is 2.39. The number of carbonyl (C=O) groups excluding carboxylic acids is 1. The number of nitro groups is 1. The lowest BCUT2D eigenvalue weighted by Gasteiger charge is -2.20. The molecule has 1 heterocycles. The smallest absolute Gasteiger partial charge is 0.324 e. The first kappa shape index (κ1) is 16.6. The van der Waals surface area contributed by atoms with E-state index >= 15 is 0 Å². The third kappa shape index (κ3) is 5.66. The van der Waals surface area contributed by atoms with Crippen LogP contribution in [0.5, 0.6) is 0 Å². The van der Waals surface area contributed by atoms with Crippen LogP contribution in [0.3, 0.4) is 0 Å². The lowest BCUT2D eigenvalue weighted by molar-refractivity contribution is -0.380. The molecule has 0 saturated carbocycles. The Labute approximate surface area is 122 Å². The standard InChI is InChI=1S/C13H21N3O3S/c1-3-5-14-12(17)9-15(6-4-2)8-11-7-13(16(18)19)20-10-11/h7,10H,3-6,8-9H2,1-2H3,(H,14,17). The van der Waals surface area contributed by atoms with Crippen molar-refractivity contribution in [3.05, 3.63) is 27.1 Å². The third-order valence-electron chi connectivity index (χ3n) is 2.71. The van der Waals surface area contributed by atoms with Gasteiger partial charge in [-0.1, -0.05) is 25.2 Å². The van der Waals surface area contributed by atoms with Gasteiger partial charge < -0.3 is 5.32 Å². The van der Waals surface area contributed by atoms with Gasteiger partial charge in [-0.2, -0.15) is 0 Å². The topological polar surface area (TPSA) is 75.5 Å². The van der Waals surface area contributed by atoms with Crippen LogP contribution in [-0.2, 0) is 11.3 Å². The average Bonchev–Trinajstić information content (AvgIpc) is 2.85. The molecule has 0 aliphatic heterocycles. The van der Waals surface area contributed by atoms with E-state index in [1.54, 1.807) is 11.4 Å². The molecule has 0 saturated heterocycles. The van der Waals surface area contributed by atoms with Crippen molar-refractivity contribution in [1.82, 2.24) is 10.2 Å². The minimum Gasteiger partial charge on any atom is -0.355 e. The molecule has 1 amide bonds. The highest BCUT2D eigenvalue weighted by molar-refractivity contribution is 7.13. The summed E-state index contributed by atoms with van der Waals surface area (Å²) in [7, 11) is 0. The third-order valence-corrected chi connectivity index (χ3v) is 3.63. The Bertz CT molecular complexity index is 448. The molecule has 0 radical (unpaired) electrons. The molecule has 1 rings (SSSR count). The molecular formula is C13H21N3O3S. The van der Waals surface area contributed by atoms with Gasteiger partial charge in [0.2, 0.25) is 5.91 Å². The Kier molecular flexibility index (Phi) is 7.17. The zero-order valence-corrected chi connectivity index (χ0v) is 12.7. The number of rotatable bonds is 9. The Morgan fingerprint density at radius 1 is 1.45 bits per heavy atom. The van der Waals surface area contributed by atoms with Crippen molar-refractivity contribution in [3.8, 4) is 0 Å². The molecule has 0 fully saturated rings. The van der Waals surface area contributed by atoms with Crippen LogP contribution in [-0.4, -0.2) is 35.4 Å². The van der Waals surface area contributed by atoms with Gasteiger partial charge in [0.1, 0.15) is 0 Å². The molecule has 0 bridgehead atoms. The number of carbonyl (C=O) groups is 1. The van der Waals surface area contributed by atoms with Crippen molar-refractivity contribution in [2.75, 3.05) is 19.6 Å². The molecule has 7 heteroatoms. The van der Waals surface area contributed by atoms with E-state index < -0.39 is 0 Å². The minimum absolute atomic E-state index is 0.00466. The fourth-order valence-electron chi connectivity index (χ4n) is 1.85. The number of thiophene rings is 1. The SMILES string of the molecule is CCCNC(=O)CN(CCC)Cc1csc([N+](=O)[O-])c1. The van der Waals surface area contributed by atoms with Crippen LogP contribution in [0.4, 0.5) is 5.00 Å². The second-order valence-electron chi connectivity index (χ2n) is 4.61. The van der Waals surface area contributed by atoms with E-state index in [0.29, 0.717) is 19.6 Å². The van der Waals surface area contributed by atoms with Gasteiger partial charge in [-0.15, -0.1) is 0 Å². The number of nitrogens with one attached hydrogen (secondary N) is 1. The Morgan fingerprint density at radius 3 is 2.75 bits per heavy atom. The van der Waals surface area contributed by atoms with E-state index in [2.05, 4.69) is 5.32 Å². The number of nitrogens with zero attached hydrogens (tertiary/aromatic N) is 2. The van der Waals surface area contributed by atoms with Crippen LogP contribution < -0.4 is 5.32 Å². The zero-order valence-electron chi connectivity index (χ0n) is 11.9. The molecule has 20 heavy (non-hydrogen) atoms. The molecule has 0 spiro atoms. The summed E-state index contributed by atoms with van der Waals surface area (Å²) in [6.45, 7) is 6.43. The summed E-state index contributed by atoms with van der Waals surface area (Å²) in [5.41, 5.74) is 0.887. The first-order chi connectivity index (χ1) is 9.56. The zero-order chi connectivity index (χ0) is 15.0. The van der Waals surface area contributed by atoms with Crippen molar-refractivity contribution in [1.29, 1.82) is 0 Å². The first-order valence-electron chi connectivity index (χ1n) is 6.77. The van der Waals surface area contributed by atoms with Crippen molar-refractivity contribution in [2.45, 2.75) is 33.2 Å². The molecule has 1 aromatic rings. The number of hydrogen-bond acceptors (Lipinski definition) is 5. The molecule has 0 aliphatic carbocycles. The highest BCUT2D eigenvalue weighted by Gasteiger charge is 2.14. The second kappa shape index (κ2) is 8.65. The van der Waals surface area contributed by atoms with Crippen molar-refractivity contribution >= 4 is 22.2 Å². The second-order valence-corrected chi connectivity index (χ2v) is 5.50. The first-order valence-corrected chi connectivity index (χ1v) is 7.65. The van der Waals surface area contributed by atoms with Crippen LogP contribution in [0.25, 0.3) is 0 Å². The summed E-state index contributed by atoms with van der Waals surface area (Å²) in [6.07, 6.45) is 1.85. The van der Waals surface area contributed by atoms with Gasteiger partial charge in [-0.25, -0.2) is 0 Å². The van der Waals surface area contributed by atoms with Crippen molar-refractivity contribution < 1.29 is 9.72 Å². The van der Waals surface area contributed by atoms with Crippen LogP contribution >= 0.6 is 11.3 Å². The molecule has 0 aliphatic rings. The van der Waals surface area contributed by atoms with Gasteiger partial charge in [0.05, 0.1) is 11.5 Å². The largest absolute Gasteiger partial charge is 0.355 e. The minimum atomic E-state index is -0.383. The fraction of sp³-hybridized carbons (Fsp3) is 0.615. The van der Waals surface area contributed by atoms with Crippen LogP contribution in [0.15, 0.2) is 11.4 Å². The highest BCUT2D eigenvalue weighted by atomic mass is 32.1. The Hall–Kier alpha value is -1.47. The summed E-state index contributed by atoms with van der Waals surface area (Å²) in [5, 5.41) is 15.4. The van der Waals surface area contributed by atoms with Crippen molar-refractivity contribution in [2.24, 2.45) is 0 Å². The number of amides is 1.